The highest BCUT2D eigenvalue weighted by molar-refractivity contribution is 5.72. The maximum Gasteiger partial charge on any atom is 0.389 e. The van der Waals surface area contributed by atoms with Gasteiger partial charge in [-0.2, -0.15) is 0 Å². The minimum atomic E-state index is -1.91. The van der Waals surface area contributed by atoms with Crippen molar-refractivity contribution in [2.24, 2.45) is 0 Å². The minimum Gasteiger partial charge on any atom is -0.244 e. The van der Waals surface area contributed by atoms with Crippen molar-refractivity contribution in [2.75, 3.05) is 0 Å². The summed E-state index contributed by atoms with van der Waals surface area (Å²) in [5.41, 5.74) is 0.661. The Morgan fingerprint density at radius 1 is 1.33 bits per heavy atom. The van der Waals surface area contributed by atoms with Crippen molar-refractivity contribution in [3.63, 3.8) is 0 Å². The Morgan fingerprint density at radius 3 is 2.42 bits per heavy atom. The molecule has 0 aromatic heterocycles. The van der Waals surface area contributed by atoms with Crippen molar-refractivity contribution < 1.29 is 14.3 Å². The third kappa shape index (κ3) is 2.34. The molecule has 1 aromatic carbocycles. The molecule has 12 heavy (non-hydrogen) atoms. The Balaban J connectivity index is 2.58. The first-order chi connectivity index (χ1) is 5.70. The summed E-state index contributed by atoms with van der Waals surface area (Å²) < 4.78 is 12.5. The fraction of sp³-hybridized carbons (Fsp3) is 0.222. The van der Waals surface area contributed by atoms with Crippen LogP contribution in [-0.4, -0.2) is 12.1 Å². The molecule has 3 heteroatoms. The summed E-state index contributed by atoms with van der Waals surface area (Å²) in [5, 5.41) is 10.0. The number of halogens is 1. The third-order valence-electron chi connectivity index (χ3n) is 1.51. The number of rotatable bonds is 3. The number of benzene rings is 1. The van der Waals surface area contributed by atoms with E-state index >= 15 is 0 Å². The molecule has 1 rings (SSSR count). The summed E-state index contributed by atoms with van der Waals surface area (Å²) >= 11 is 0. The van der Waals surface area contributed by atoms with Gasteiger partial charge in [0.1, 0.15) is 0 Å². The fourth-order valence-electron chi connectivity index (χ4n) is 0.904. The molecule has 1 aromatic rings. The summed E-state index contributed by atoms with van der Waals surface area (Å²) in [5.74, 6) is -1.65. The summed E-state index contributed by atoms with van der Waals surface area (Å²) in [4.78, 5) is 10.0. The van der Waals surface area contributed by atoms with Crippen LogP contribution in [0.25, 0.3) is 0 Å². The molecule has 0 saturated carbocycles. The summed E-state index contributed by atoms with van der Waals surface area (Å²) in [6, 6.07) is 8.61. The molecule has 0 aliphatic carbocycles. The fourth-order valence-corrected chi connectivity index (χ4v) is 0.904. The van der Waals surface area contributed by atoms with Crippen LogP contribution in [0.2, 0.25) is 0 Å². The van der Waals surface area contributed by atoms with Gasteiger partial charge in [0.25, 0.3) is 0 Å². The number of carbonyl (C=O) groups excluding carboxylic acids is 1. The highest BCUT2D eigenvalue weighted by Gasteiger charge is 2.17. The smallest absolute Gasteiger partial charge is 0.244 e. The number of hydrogen-bond donors (Lipinski definition) is 0. The number of carbonyl (C=O) groups is 1. The summed E-state index contributed by atoms with van der Waals surface area (Å²) in [6.45, 7) is 0. The van der Waals surface area contributed by atoms with E-state index in [-0.39, 0.29) is 6.42 Å². The van der Waals surface area contributed by atoms with Gasteiger partial charge in [0.05, 0.1) is 0 Å². The second kappa shape index (κ2) is 3.85. The van der Waals surface area contributed by atoms with Gasteiger partial charge in [-0.15, -0.1) is 0 Å². The van der Waals surface area contributed by atoms with Gasteiger partial charge in [-0.3, -0.25) is 0 Å². The Kier molecular flexibility index (Phi) is 2.80. The van der Waals surface area contributed by atoms with E-state index in [4.69, 9.17) is 0 Å². The van der Waals surface area contributed by atoms with Gasteiger partial charge in [-0.25, -0.2) is 14.3 Å². The number of alkyl halides is 1. The van der Waals surface area contributed by atoms with Crippen molar-refractivity contribution in [2.45, 2.75) is 12.6 Å². The van der Waals surface area contributed by atoms with Crippen LogP contribution in [0.15, 0.2) is 30.3 Å². The Bertz CT molecular complexity index is 258. The van der Waals surface area contributed by atoms with Crippen molar-refractivity contribution >= 4 is 5.97 Å². The van der Waals surface area contributed by atoms with E-state index in [1.807, 2.05) is 0 Å². The summed E-state index contributed by atoms with van der Waals surface area (Å²) in [7, 11) is 0. The van der Waals surface area contributed by atoms with Crippen LogP contribution in [0.5, 0.6) is 0 Å². The average Bonchev–Trinajstić information content (AvgIpc) is 2.06. The molecule has 0 heterocycles. The zero-order chi connectivity index (χ0) is 8.97. The summed E-state index contributed by atoms with van der Waals surface area (Å²) in [6.07, 6.45) is -2.03. The third-order valence-corrected chi connectivity index (χ3v) is 1.51. The molecular formula is C9H8FO2. The molecule has 0 aliphatic rings. The van der Waals surface area contributed by atoms with Crippen molar-refractivity contribution in [1.82, 2.24) is 0 Å². The topological polar surface area (TPSA) is 37.0 Å². The van der Waals surface area contributed by atoms with E-state index < -0.39 is 12.1 Å². The lowest BCUT2D eigenvalue weighted by Gasteiger charge is -2.00. The van der Waals surface area contributed by atoms with Crippen LogP contribution >= 0.6 is 0 Å². The Hall–Kier alpha value is -1.38. The van der Waals surface area contributed by atoms with Gasteiger partial charge < -0.3 is 0 Å². The maximum atomic E-state index is 12.5. The molecule has 1 unspecified atom stereocenters. The van der Waals surface area contributed by atoms with Crippen LogP contribution in [0.3, 0.4) is 0 Å². The van der Waals surface area contributed by atoms with E-state index in [0.717, 1.165) is 0 Å². The molecule has 0 aliphatic heterocycles. The molecule has 0 N–H and O–H groups in total. The molecule has 1 atom stereocenters. The first-order valence-electron chi connectivity index (χ1n) is 3.59. The zero-order valence-electron chi connectivity index (χ0n) is 6.37. The van der Waals surface area contributed by atoms with Crippen molar-refractivity contribution in [3.8, 4) is 0 Å². The monoisotopic (exact) mass is 167 g/mol. The molecule has 2 nitrogen and oxygen atoms in total. The molecule has 0 bridgehead atoms. The molecule has 0 saturated heterocycles. The second-order valence-electron chi connectivity index (χ2n) is 2.48. The first kappa shape index (κ1) is 8.71. The Labute approximate surface area is 69.6 Å². The van der Waals surface area contributed by atoms with E-state index in [0.29, 0.717) is 5.56 Å². The molecule has 0 fully saturated rings. The lowest BCUT2D eigenvalue weighted by Crippen LogP contribution is -2.15. The predicted molar refractivity (Wildman–Crippen MR) is 40.7 cm³/mol. The van der Waals surface area contributed by atoms with Crippen LogP contribution in [0.1, 0.15) is 5.56 Å². The predicted octanol–water partition coefficient (Wildman–Crippen LogP) is 1.52. The standard InChI is InChI=1S/C9H8FO2/c10-8(9(11)12)6-7-4-2-1-3-5-7/h1-5,8H,6H2. The van der Waals surface area contributed by atoms with Gasteiger partial charge in [0, 0.05) is 6.42 Å². The average molecular weight is 167 g/mol. The van der Waals surface area contributed by atoms with Gasteiger partial charge in [0.15, 0.2) is 0 Å². The molecule has 1 radical (unpaired) electrons. The van der Waals surface area contributed by atoms with E-state index in [1.54, 1.807) is 30.3 Å². The first-order valence-corrected chi connectivity index (χ1v) is 3.59. The maximum absolute atomic E-state index is 12.5. The van der Waals surface area contributed by atoms with E-state index in [2.05, 4.69) is 0 Å². The highest BCUT2D eigenvalue weighted by Crippen LogP contribution is 2.05. The zero-order valence-corrected chi connectivity index (χ0v) is 6.37. The molecule has 63 valence electrons. The van der Waals surface area contributed by atoms with E-state index in [9.17, 15) is 14.3 Å². The largest absolute Gasteiger partial charge is 0.389 e. The SMILES string of the molecule is [O]C(=O)C(F)Cc1ccccc1. The van der Waals surface area contributed by atoms with Gasteiger partial charge in [-0.1, -0.05) is 30.3 Å². The second-order valence-corrected chi connectivity index (χ2v) is 2.48. The van der Waals surface area contributed by atoms with Crippen molar-refractivity contribution in [3.05, 3.63) is 35.9 Å². The molecule has 0 amide bonds. The molecule has 0 spiro atoms. The molecular weight excluding hydrogens is 159 g/mol. The van der Waals surface area contributed by atoms with Crippen molar-refractivity contribution in [1.29, 1.82) is 0 Å². The van der Waals surface area contributed by atoms with E-state index in [1.165, 1.54) is 0 Å². The van der Waals surface area contributed by atoms with Crippen LogP contribution in [0.4, 0.5) is 4.39 Å². The quantitative estimate of drug-likeness (QED) is 0.672. The minimum absolute atomic E-state index is 0.122. The Morgan fingerprint density at radius 2 is 1.92 bits per heavy atom. The highest BCUT2D eigenvalue weighted by atomic mass is 19.1. The van der Waals surface area contributed by atoms with Crippen LogP contribution in [0, 0.1) is 0 Å². The lowest BCUT2D eigenvalue weighted by molar-refractivity contribution is -0.149. The van der Waals surface area contributed by atoms with Crippen LogP contribution < -0.4 is 0 Å². The normalized spacial score (nSPS) is 12.4. The van der Waals surface area contributed by atoms with Gasteiger partial charge in [0.2, 0.25) is 6.17 Å². The van der Waals surface area contributed by atoms with Gasteiger partial charge >= 0.3 is 5.97 Å². The lowest BCUT2D eigenvalue weighted by atomic mass is 10.1. The van der Waals surface area contributed by atoms with Crippen LogP contribution in [-0.2, 0) is 16.3 Å². The van der Waals surface area contributed by atoms with Gasteiger partial charge in [-0.05, 0) is 5.56 Å². The number of hydrogen-bond acceptors (Lipinski definition) is 1.